The van der Waals surface area contributed by atoms with Crippen LogP contribution in [0, 0.1) is 0 Å². The third-order valence-corrected chi connectivity index (χ3v) is 2.32. The highest BCUT2D eigenvalue weighted by Gasteiger charge is 2.12. The van der Waals surface area contributed by atoms with E-state index in [1.807, 2.05) is 12.1 Å². The molecule has 0 spiro atoms. The van der Waals surface area contributed by atoms with Crippen molar-refractivity contribution < 1.29 is 4.74 Å². The molecule has 0 bridgehead atoms. The van der Waals surface area contributed by atoms with Crippen LogP contribution in [-0.4, -0.2) is 7.11 Å². The van der Waals surface area contributed by atoms with Gasteiger partial charge in [0.25, 0.3) is 0 Å². The summed E-state index contributed by atoms with van der Waals surface area (Å²) in [4.78, 5) is 0. The molecular formula is C13H18O. The Balaban J connectivity index is 2.95. The first-order valence-corrected chi connectivity index (χ1v) is 4.79. The van der Waals surface area contributed by atoms with Crippen LogP contribution >= 0.6 is 0 Å². The summed E-state index contributed by atoms with van der Waals surface area (Å²) in [6.45, 7) is 10.4. The summed E-state index contributed by atoms with van der Waals surface area (Å²) >= 11 is 0. The Morgan fingerprint density at radius 3 is 2.00 bits per heavy atom. The zero-order valence-corrected chi connectivity index (χ0v) is 9.42. The molecule has 1 heteroatoms. The Kier molecular flexibility index (Phi) is 3.00. The van der Waals surface area contributed by atoms with Crippen LogP contribution in [0.3, 0.4) is 0 Å². The third kappa shape index (κ3) is 2.38. The monoisotopic (exact) mass is 190 g/mol. The molecule has 0 amide bonds. The molecule has 0 fully saturated rings. The van der Waals surface area contributed by atoms with Gasteiger partial charge in [-0.1, -0.05) is 51.6 Å². The number of hydrogen-bond acceptors (Lipinski definition) is 1. The molecule has 0 aromatic heterocycles. The maximum atomic E-state index is 5.07. The van der Waals surface area contributed by atoms with Gasteiger partial charge in [-0.25, -0.2) is 0 Å². The van der Waals surface area contributed by atoms with Crippen LogP contribution in [0.1, 0.15) is 31.9 Å². The molecule has 76 valence electrons. The highest BCUT2D eigenvalue weighted by molar-refractivity contribution is 5.57. The molecular weight excluding hydrogens is 172 g/mol. The van der Waals surface area contributed by atoms with Crippen LogP contribution in [0.2, 0.25) is 0 Å². The van der Waals surface area contributed by atoms with Crippen molar-refractivity contribution in [2.75, 3.05) is 7.11 Å². The summed E-state index contributed by atoms with van der Waals surface area (Å²) in [5, 5.41) is 0. The van der Waals surface area contributed by atoms with E-state index in [-0.39, 0.29) is 5.41 Å². The molecule has 0 atom stereocenters. The predicted molar refractivity (Wildman–Crippen MR) is 61.2 cm³/mol. The quantitative estimate of drug-likeness (QED) is 0.647. The van der Waals surface area contributed by atoms with E-state index in [1.54, 1.807) is 7.11 Å². The molecule has 0 unspecified atom stereocenters. The summed E-state index contributed by atoms with van der Waals surface area (Å²) in [6.07, 6.45) is 0. The van der Waals surface area contributed by atoms with Gasteiger partial charge in [0.05, 0.1) is 7.11 Å². The predicted octanol–water partition coefficient (Wildman–Crippen LogP) is 3.60. The van der Waals surface area contributed by atoms with Crippen molar-refractivity contribution in [1.29, 1.82) is 0 Å². The van der Waals surface area contributed by atoms with Crippen molar-refractivity contribution in [3.63, 3.8) is 0 Å². The van der Waals surface area contributed by atoms with Gasteiger partial charge in [-0.2, -0.15) is 0 Å². The SMILES string of the molecule is C=C(OC)c1ccc(C(C)(C)C)cc1. The molecule has 0 aliphatic heterocycles. The van der Waals surface area contributed by atoms with Crippen molar-refractivity contribution in [1.82, 2.24) is 0 Å². The van der Waals surface area contributed by atoms with E-state index in [9.17, 15) is 0 Å². The minimum absolute atomic E-state index is 0.201. The minimum atomic E-state index is 0.201. The van der Waals surface area contributed by atoms with Crippen molar-refractivity contribution in [3.05, 3.63) is 42.0 Å². The normalized spacial score (nSPS) is 11.1. The zero-order valence-electron chi connectivity index (χ0n) is 9.42. The Bertz CT molecular complexity index is 314. The summed E-state index contributed by atoms with van der Waals surface area (Å²) in [6, 6.07) is 8.35. The van der Waals surface area contributed by atoms with Crippen LogP contribution < -0.4 is 0 Å². The average Bonchev–Trinajstić information content (AvgIpc) is 2.15. The maximum Gasteiger partial charge on any atom is 0.118 e. The second-order valence-electron chi connectivity index (χ2n) is 4.45. The zero-order chi connectivity index (χ0) is 10.8. The minimum Gasteiger partial charge on any atom is -0.497 e. The molecule has 0 radical (unpaired) electrons. The van der Waals surface area contributed by atoms with Gasteiger partial charge < -0.3 is 4.74 Å². The molecule has 0 aliphatic carbocycles. The lowest BCUT2D eigenvalue weighted by Crippen LogP contribution is -2.10. The lowest BCUT2D eigenvalue weighted by Gasteiger charge is -2.19. The molecule has 0 N–H and O–H groups in total. The Morgan fingerprint density at radius 2 is 1.64 bits per heavy atom. The standard InChI is InChI=1S/C13H18O/c1-10(14-5)11-6-8-12(9-7-11)13(2,3)4/h6-9H,1H2,2-5H3. The number of ether oxygens (including phenoxy) is 1. The van der Waals surface area contributed by atoms with Gasteiger partial charge in [-0.15, -0.1) is 0 Å². The molecule has 0 saturated heterocycles. The molecule has 1 aromatic rings. The molecule has 1 nitrogen and oxygen atoms in total. The van der Waals surface area contributed by atoms with Gasteiger partial charge in [0.2, 0.25) is 0 Å². The van der Waals surface area contributed by atoms with Crippen molar-refractivity contribution in [3.8, 4) is 0 Å². The van der Waals surface area contributed by atoms with E-state index < -0.39 is 0 Å². The van der Waals surface area contributed by atoms with Crippen LogP contribution in [0.25, 0.3) is 5.76 Å². The largest absolute Gasteiger partial charge is 0.497 e. The van der Waals surface area contributed by atoms with Crippen LogP contribution in [-0.2, 0) is 10.2 Å². The van der Waals surface area contributed by atoms with E-state index in [4.69, 9.17) is 4.74 Å². The number of hydrogen-bond donors (Lipinski definition) is 0. The second kappa shape index (κ2) is 3.87. The fraction of sp³-hybridized carbons (Fsp3) is 0.385. The number of benzene rings is 1. The van der Waals surface area contributed by atoms with E-state index in [1.165, 1.54) is 5.56 Å². The fourth-order valence-corrected chi connectivity index (χ4v) is 1.27. The van der Waals surface area contributed by atoms with Crippen molar-refractivity contribution >= 4 is 5.76 Å². The van der Waals surface area contributed by atoms with E-state index in [2.05, 4.69) is 39.5 Å². The number of methoxy groups -OCH3 is 1. The van der Waals surface area contributed by atoms with E-state index in [0.29, 0.717) is 5.76 Å². The summed E-state index contributed by atoms with van der Waals surface area (Å²) in [5.74, 6) is 0.713. The summed E-state index contributed by atoms with van der Waals surface area (Å²) in [7, 11) is 1.64. The van der Waals surface area contributed by atoms with Crippen molar-refractivity contribution in [2.24, 2.45) is 0 Å². The molecule has 0 heterocycles. The smallest absolute Gasteiger partial charge is 0.118 e. The van der Waals surface area contributed by atoms with Crippen molar-refractivity contribution in [2.45, 2.75) is 26.2 Å². The van der Waals surface area contributed by atoms with Gasteiger partial charge in [0.1, 0.15) is 5.76 Å². The summed E-state index contributed by atoms with van der Waals surface area (Å²) < 4.78 is 5.07. The first kappa shape index (κ1) is 10.8. The molecule has 1 aromatic carbocycles. The van der Waals surface area contributed by atoms with Crippen LogP contribution in [0.4, 0.5) is 0 Å². The lowest BCUT2D eigenvalue weighted by molar-refractivity contribution is 0.371. The van der Waals surface area contributed by atoms with Crippen LogP contribution in [0.15, 0.2) is 30.8 Å². The molecule has 1 rings (SSSR count). The summed E-state index contributed by atoms with van der Waals surface area (Å²) in [5.41, 5.74) is 2.57. The Hall–Kier alpha value is -1.24. The molecule has 14 heavy (non-hydrogen) atoms. The van der Waals surface area contributed by atoms with Crippen LogP contribution in [0.5, 0.6) is 0 Å². The lowest BCUT2D eigenvalue weighted by atomic mass is 9.86. The van der Waals surface area contributed by atoms with Gasteiger partial charge in [0.15, 0.2) is 0 Å². The average molecular weight is 190 g/mol. The maximum absolute atomic E-state index is 5.07. The second-order valence-corrected chi connectivity index (χ2v) is 4.45. The number of rotatable bonds is 2. The first-order valence-electron chi connectivity index (χ1n) is 4.79. The van der Waals surface area contributed by atoms with E-state index in [0.717, 1.165) is 5.56 Å². The van der Waals surface area contributed by atoms with E-state index >= 15 is 0 Å². The highest BCUT2D eigenvalue weighted by Crippen LogP contribution is 2.23. The van der Waals surface area contributed by atoms with Gasteiger partial charge in [-0.3, -0.25) is 0 Å². The topological polar surface area (TPSA) is 9.23 Å². The molecule has 0 saturated carbocycles. The fourth-order valence-electron chi connectivity index (χ4n) is 1.27. The van der Waals surface area contributed by atoms with Gasteiger partial charge in [-0.05, 0) is 11.0 Å². The Labute approximate surface area is 86.4 Å². The first-order chi connectivity index (χ1) is 6.45. The van der Waals surface area contributed by atoms with Gasteiger partial charge in [0, 0.05) is 5.56 Å². The molecule has 0 aliphatic rings. The van der Waals surface area contributed by atoms with Gasteiger partial charge >= 0.3 is 0 Å². The Morgan fingerprint density at radius 1 is 1.14 bits per heavy atom. The third-order valence-electron chi connectivity index (χ3n) is 2.32. The highest BCUT2D eigenvalue weighted by atomic mass is 16.5.